The van der Waals surface area contributed by atoms with Crippen LogP contribution in [-0.4, -0.2) is 13.9 Å². The molecule has 0 fully saturated rings. The number of alkyl halides is 3. The monoisotopic (exact) mass is 438 g/mol. The third kappa shape index (κ3) is 5.45. The van der Waals surface area contributed by atoms with Gasteiger partial charge in [-0.2, -0.15) is 21.6 Å². The minimum Gasteiger partial charge on any atom is -0.376 e. The fourth-order valence-corrected chi connectivity index (χ4v) is 3.97. The van der Waals surface area contributed by atoms with E-state index >= 15 is 0 Å². The van der Waals surface area contributed by atoms with Crippen molar-refractivity contribution in [2.45, 2.75) is 57.4 Å². The highest BCUT2D eigenvalue weighted by Gasteiger charge is 2.48. The van der Waals surface area contributed by atoms with Crippen LogP contribution in [0.5, 0.6) is 5.75 Å². The van der Waals surface area contributed by atoms with Gasteiger partial charge in [-0.1, -0.05) is 63.3 Å². The number of hydrogen-bond acceptors (Lipinski definition) is 3. The molecule has 3 aromatic rings. The lowest BCUT2D eigenvalue weighted by Crippen LogP contribution is -2.28. The molecule has 7 heteroatoms. The molecule has 0 amide bonds. The molecule has 30 heavy (non-hydrogen) atoms. The highest BCUT2D eigenvalue weighted by atomic mass is 32.2. The van der Waals surface area contributed by atoms with Crippen molar-refractivity contribution in [3.63, 3.8) is 0 Å². The van der Waals surface area contributed by atoms with E-state index in [1.807, 2.05) is 18.2 Å². The second-order valence-corrected chi connectivity index (χ2v) is 9.08. The first kappa shape index (κ1) is 22.4. The second-order valence-electron chi connectivity index (χ2n) is 7.54. The average Bonchev–Trinajstić information content (AvgIpc) is 2.68. The Morgan fingerprint density at radius 2 is 1.37 bits per heavy atom. The fourth-order valence-electron chi connectivity index (χ4n) is 3.52. The molecule has 162 valence electrons. The Morgan fingerprint density at radius 1 is 0.767 bits per heavy atom. The van der Waals surface area contributed by atoms with Crippen molar-refractivity contribution in [3.05, 3.63) is 54.1 Å². The standard InChI is InChI=1S/C23H25F3O3S/c1-2-3-4-5-6-7-8-17-9-10-18-15-21-16-22(29-30(27,28)23(24,25)26)12-11-19(21)14-20(18)13-17/h9-16H,2-8H2,1H3. The lowest BCUT2D eigenvalue weighted by molar-refractivity contribution is -0.0500. The topological polar surface area (TPSA) is 43.4 Å². The Hall–Kier alpha value is -2.28. The van der Waals surface area contributed by atoms with Crippen LogP contribution in [0, 0.1) is 0 Å². The van der Waals surface area contributed by atoms with Gasteiger partial charge < -0.3 is 4.18 Å². The van der Waals surface area contributed by atoms with Gasteiger partial charge in [0.1, 0.15) is 5.75 Å². The number of fused-ring (bicyclic) bond motifs is 2. The first-order valence-electron chi connectivity index (χ1n) is 10.2. The Bertz CT molecular complexity index is 1120. The Kier molecular flexibility index (Phi) is 6.91. The molecule has 0 saturated carbocycles. The molecule has 3 rings (SSSR count). The van der Waals surface area contributed by atoms with E-state index in [4.69, 9.17) is 0 Å². The van der Waals surface area contributed by atoms with E-state index in [-0.39, 0.29) is 5.75 Å². The van der Waals surface area contributed by atoms with E-state index in [1.54, 1.807) is 6.07 Å². The van der Waals surface area contributed by atoms with Gasteiger partial charge in [-0.05, 0) is 64.2 Å². The number of hydrogen-bond donors (Lipinski definition) is 0. The van der Waals surface area contributed by atoms with Gasteiger partial charge in [-0.3, -0.25) is 0 Å². The van der Waals surface area contributed by atoms with Crippen LogP contribution < -0.4 is 4.18 Å². The molecule has 0 heterocycles. The van der Waals surface area contributed by atoms with E-state index < -0.39 is 15.6 Å². The summed E-state index contributed by atoms with van der Waals surface area (Å²) in [6.07, 6.45) is 8.47. The van der Waals surface area contributed by atoms with Gasteiger partial charge in [0.25, 0.3) is 0 Å². The van der Waals surface area contributed by atoms with Gasteiger partial charge in [0.2, 0.25) is 0 Å². The number of benzene rings is 3. The molecule has 3 nitrogen and oxygen atoms in total. The number of unbranched alkanes of at least 4 members (excludes halogenated alkanes) is 5. The molecular weight excluding hydrogens is 413 g/mol. The van der Waals surface area contributed by atoms with Crippen molar-refractivity contribution >= 4 is 31.7 Å². The molecule has 0 unspecified atom stereocenters. The normalized spacial score (nSPS) is 12.5. The molecule has 0 aliphatic rings. The summed E-state index contributed by atoms with van der Waals surface area (Å²) in [6.45, 7) is 2.21. The van der Waals surface area contributed by atoms with Crippen LogP contribution in [0.15, 0.2) is 48.5 Å². The predicted octanol–water partition coefficient (Wildman–Crippen LogP) is 7.12. The summed E-state index contributed by atoms with van der Waals surface area (Å²) >= 11 is 0. The predicted molar refractivity (Wildman–Crippen MR) is 114 cm³/mol. The van der Waals surface area contributed by atoms with Crippen molar-refractivity contribution in [2.75, 3.05) is 0 Å². The number of aryl methyl sites for hydroxylation is 1. The number of rotatable bonds is 9. The van der Waals surface area contributed by atoms with Gasteiger partial charge in [-0.15, -0.1) is 0 Å². The molecular formula is C23H25F3O3S. The summed E-state index contributed by atoms with van der Waals surface area (Å²) in [5, 5.41) is 3.39. The van der Waals surface area contributed by atoms with Gasteiger partial charge >= 0.3 is 15.6 Å². The molecule has 0 radical (unpaired) electrons. The lowest BCUT2D eigenvalue weighted by Gasteiger charge is -2.11. The molecule has 0 atom stereocenters. The zero-order chi connectivity index (χ0) is 21.8. The summed E-state index contributed by atoms with van der Waals surface area (Å²) in [5.41, 5.74) is -4.20. The van der Waals surface area contributed by atoms with Crippen LogP contribution >= 0.6 is 0 Å². The number of halogens is 3. The van der Waals surface area contributed by atoms with Crippen molar-refractivity contribution < 1.29 is 25.8 Å². The molecule has 0 spiro atoms. The molecule has 0 N–H and O–H groups in total. The lowest BCUT2D eigenvalue weighted by atomic mass is 9.99. The van der Waals surface area contributed by atoms with E-state index in [1.165, 1.54) is 49.8 Å². The molecule has 0 aromatic heterocycles. The molecule has 0 saturated heterocycles. The van der Waals surface area contributed by atoms with E-state index in [0.717, 1.165) is 29.0 Å². The summed E-state index contributed by atoms with van der Waals surface area (Å²) in [5.74, 6) is -0.362. The maximum absolute atomic E-state index is 12.5. The van der Waals surface area contributed by atoms with Crippen molar-refractivity contribution in [2.24, 2.45) is 0 Å². The summed E-state index contributed by atoms with van der Waals surface area (Å²) in [7, 11) is -5.68. The van der Waals surface area contributed by atoms with Crippen molar-refractivity contribution in [1.82, 2.24) is 0 Å². The zero-order valence-electron chi connectivity index (χ0n) is 16.8. The van der Waals surface area contributed by atoms with Crippen LogP contribution in [-0.2, 0) is 16.5 Å². The molecule has 0 aliphatic carbocycles. The first-order valence-corrected chi connectivity index (χ1v) is 11.6. The van der Waals surface area contributed by atoms with E-state index in [2.05, 4.69) is 23.2 Å². The highest BCUT2D eigenvalue weighted by Crippen LogP contribution is 2.31. The van der Waals surface area contributed by atoms with E-state index in [9.17, 15) is 21.6 Å². The van der Waals surface area contributed by atoms with Crippen molar-refractivity contribution in [3.8, 4) is 5.75 Å². The summed E-state index contributed by atoms with van der Waals surface area (Å²) < 4.78 is 64.3. The Morgan fingerprint density at radius 3 is 2.03 bits per heavy atom. The smallest absolute Gasteiger partial charge is 0.376 e. The maximum Gasteiger partial charge on any atom is 0.534 e. The van der Waals surface area contributed by atoms with Crippen LogP contribution in [0.2, 0.25) is 0 Å². The molecule has 0 bridgehead atoms. The van der Waals surface area contributed by atoms with Gasteiger partial charge in [0.15, 0.2) is 0 Å². The quantitative estimate of drug-likeness (QED) is 0.155. The van der Waals surface area contributed by atoms with Crippen LogP contribution in [0.4, 0.5) is 13.2 Å². The third-order valence-electron chi connectivity index (χ3n) is 5.14. The van der Waals surface area contributed by atoms with Crippen LogP contribution in [0.25, 0.3) is 21.5 Å². The molecule has 3 aromatic carbocycles. The Labute approximate surface area is 175 Å². The summed E-state index contributed by atoms with van der Waals surface area (Å²) in [6, 6.07) is 14.1. The van der Waals surface area contributed by atoms with Crippen LogP contribution in [0.3, 0.4) is 0 Å². The minimum absolute atomic E-state index is 0.362. The zero-order valence-corrected chi connectivity index (χ0v) is 17.7. The van der Waals surface area contributed by atoms with E-state index in [0.29, 0.717) is 5.39 Å². The van der Waals surface area contributed by atoms with Gasteiger partial charge in [-0.25, -0.2) is 0 Å². The Balaban J connectivity index is 1.76. The minimum atomic E-state index is -5.68. The van der Waals surface area contributed by atoms with Crippen LogP contribution in [0.1, 0.15) is 51.0 Å². The average molecular weight is 439 g/mol. The van der Waals surface area contributed by atoms with Gasteiger partial charge in [0, 0.05) is 0 Å². The summed E-state index contributed by atoms with van der Waals surface area (Å²) in [4.78, 5) is 0. The fraction of sp³-hybridized carbons (Fsp3) is 0.391. The highest BCUT2D eigenvalue weighted by molar-refractivity contribution is 7.88. The largest absolute Gasteiger partial charge is 0.534 e. The molecule has 0 aliphatic heterocycles. The van der Waals surface area contributed by atoms with Crippen molar-refractivity contribution in [1.29, 1.82) is 0 Å². The SMILES string of the molecule is CCCCCCCCc1ccc2cc3cc(OS(=O)(=O)C(F)(F)F)ccc3cc2c1. The first-order chi connectivity index (χ1) is 14.2. The van der Waals surface area contributed by atoms with Gasteiger partial charge in [0.05, 0.1) is 0 Å². The maximum atomic E-state index is 12.5. The second kappa shape index (κ2) is 9.25. The third-order valence-corrected chi connectivity index (χ3v) is 6.12.